The van der Waals surface area contributed by atoms with Crippen molar-refractivity contribution in [2.24, 2.45) is 11.8 Å². The Morgan fingerprint density at radius 2 is 1.38 bits per heavy atom. The second kappa shape index (κ2) is 3.69. The minimum absolute atomic E-state index is 0.744. The van der Waals surface area contributed by atoms with Crippen molar-refractivity contribution in [3.8, 4) is 0 Å². The lowest BCUT2D eigenvalue weighted by molar-refractivity contribution is 0.436. The van der Waals surface area contributed by atoms with Gasteiger partial charge in [0, 0.05) is 0 Å². The number of hydrogen-bond acceptors (Lipinski definition) is 0. The molecular weight excluding hydrogens is 156 g/mol. The number of hydrogen-bond donors (Lipinski definition) is 0. The standard InChI is InChI=1S/C13H22/c1-7-13-11(5)9(3)8(2)10(4)12(13)6/h11,13H,7H2,1-6H3. The molecule has 0 heteroatoms. The van der Waals surface area contributed by atoms with Gasteiger partial charge >= 0.3 is 0 Å². The monoisotopic (exact) mass is 178 g/mol. The van der Waals surface area contributed by atoms with E-state index in [1.807, 2.05) is 0 Å². The van der Waals surface area contributed by atoms with E-state index in [1.165, 1.54) is 17.6 Å². The number of allylic oxidation sites excluding steroid dienone is 4. The summed E-state index contributed by atoms with van der Waals surface area (Å²) in [5, 5.41) is 0. The van der Waals surface area contributed by atoms with Crippen molar-refractivity contribution >= 4 is 0 Å². The second-order valence-corrected chi connectivity index (χ2v) is 4.42. The Morgan fingerprint density at radius 3 is 1.85 bits per heavy atom. The van der Waals surface area contributed by atoms with E-state index < -0.39 is 0 Å². The van der Waals surface area contributed by atoms with Gasteiger partial charge in [-0.2, -0.15) is 0 Å². The minimum Gasteiger partial charge on any atom is -0.0667 e. The maximum atomic E-state index is 2.36. The maximum Gasteiger partial charge on any atom is -0.0140 e. The summed E-state index contributed by atoms with van der Waals surface area (Å²) in [6, 6.07) is 0. The smallest absolute Gasteiger partial charge is 0.0140 e. The average Bonchev–Trinajstić information content (AvgIpc) is 2.13. The highest BCUT2D eigenvalue weighted by molar-refractivity contribution is 5.41. The van der Waals surface area contributed by atoms with Crippen LogP contribution in [0.1, 0.15) is 48.0 Å². The molecule has 0 aromatic rings. The summed E-state index contributed by atoms with van der Waals surface area (Å²) in [5.41, 5.74) is 6.25. The van der Waals surface area contributed by atoms with E-state index in [-0.39, 0.29) is 0 Å². The molecule has 0 spiro atoms. The van der Waals surface area contributed by atoms with Crippen LogP contribution in [0.5, 0.6) is 0 Å². The van der Waals surface area contributed by atoms with Crippen LogP contribution in [0, 0.1) is 11.8 Å². The van der Waals surface area contributed by atoms with Crippen LogP contribution in [0.3, 0.4) is 0 Å². The van der Waals surface area contributed by atoms with Crippen molar-refractivity contribution in [3.63, 3.8) is 0 Å². The molecule has 0 amide bonds. The highest BCUT2D eigenvalue weighted by Crippen LogP contribution is 2.39. The summed E-state index contributed by atoms with van der Waals surface area (Å²) in [6.07, 6.45) is 1.27. The first-order valence-corrected chi connectivity index (χ1v) is 5.35. The summed E-state index contributed by atoms with van der Waals surface area (Å²) < 4.78 is 0. The second-order valence-electron chi connectivity index (χ2n) is 4.42. The van der Waals surface area contributed by atoms with Crippen LogP contribution < -0.4 is 0 Å². The Kier molecular flexibility index (Phi) is 3.00. The van der Waals surface area contributed by atoms with Crippen molar-refractivity contribution in [2.45, 2.75) is 48.0 Å². The van der Waals surface area contributed by atoms with Crippen molar-refractivity contribution in [2.75, 3.05) is 0 Å². The summed E-state index contributed by atoms with van der Waals surface area (Å²) >= 11 is 0. The zero-order valence-electron chi connectivity index (χ0n) is 9.86. The van der Waals surface area contributed by atoms with E-state index in [1.54, 1.807) is 11.1 Å². The Hall–Kier alpha value is -0.520. The van der Waals surface area contributed by atoms with Crippen molar-refractivity contribution in [3.05, 3.63) is 22.3 Å². The molecule has 1 aliphatic rings. The molecule has 0 fully saturated rings. The fourth-order valence-corrected chi connectivity index (χ4v) is 2.55. The van der Waals surface area contributed by atoms with Gasteiger partial charge in [0.2, 0.25) is 0 Å². The Labute approximate surface area is 82.7 Å². The lowest BCUT2D eigenvalue weighted by Gasteiger charge is -2.32. The molecule has 0 saturated carbocycles. The molecule has 0 N–H and O–H groups in total. The third-order valence-corrected chi connectivity index (χ3v) is 4.03. The lowest BCUT2D eigenvalue weighted by atomic mass is 9.73. The molecule has 2 unspecified atom stereocenters. The first kappa shape index (κ1) is 10.6. The van der Waals surface area contributed by atoms with E-state index in [4.69, 9.17) is 0 Å². The molecular formula is C13H22. The van der Waals surface area contributed by atoms with Crippen LogP contribution in [0.15, 0.2) is 22.3 Å². The summed E-state index contributed by atoms with van der Waals surface area (Å²) in [5.74, 6) is 1.53. The zero-order chi connectivity index (χ0) is 10.2. The molecule has 0 aromatic heterocycles. The molecule has 0 radical (unpaired) electrons. The predicted octanol–water partition coefficient (Wildman–Crippen LogP) is 4.34. The maximum absolute atomic E-state index is 2.36. The van der Waals surface area contributed by atoms with Crippen LogP contribution in [0.25, 0.3) is 0 Å². The lowest BCUT2D eigenvalue weighted by Crippen LogP contribution is -2.20. The quantitative estimate of drug-likeness (QED) is 0.560. The van der Waals surface area contributed by atoms with E-state index in [2.05, 4.69) is 41.5 Å². The highest BCUT2D eigenvalue weighted by Gasteiger charge is 2.25. The minimum atomic E-state index is 0.744. The van der Waals surface area contributed by atoms with E-state index in [9.17, 15) is 0 Å². The van der Waals surface area contributed by atoms with Crippen molar-refractivity contribution in [1.29, 1.82) is 0 Å². The van der Waals surface area contributed by atoms with Gasteiger partial charge in [-0.25, -0.2) is 0 Å². The Balaban J connectivity index is 3.15. The predicted molar refractivity (Wildman–Crippen MR) is 59.7 cm³/mol. The molecule has 74 valence electrons. The SMILES string of the molecule is CCC1C(C)=C(C)C(C)=C(C)C1C. The average molecular weight is 178 g/mol. The first-order chi connectivity index (χ1) is 6.00. The van der Waals surface area contributed by atoms with Gasteiger partial charge < -0.3 is 0 Å². The van der Waals surface area contributed by atoms with Crippen LogP contribution >= 0.6 is 0 Å². The largest absolute Gasteiger partial charge is 0.0667 e. The van der Waals surface area contributed by atoms with Crippen LogP contribution in [-0.2, 0) is 0 Å². The van der Waals surface area contributed by atoms with Gasteiger partial charge in [-0.15, -0.1) is 0 Å². The van der Waals surface area contributed by atoms with Crippen molar-refractivity contribution in [1.82, 2.24) is 0 Å². The van der Waals surface area contributed by atoms with Crippen molar-refractivity contribution < 1.29 is 0 Å². The molecule has 13 heavy (non-hydrogen) atoms. The molecule has 1 rings (SSSR count). The summed E-state index contributed by atoms with van der Waals surface area (Å²) in [7, 11) is 0. The third-order valence-electron chi connectivity index (χ3n) is 4.03. The summed E-state index contributed by atoms with van der Waals surface area (Å²) in [6.45, 7) is 13.8. The fourth-order valence-electron chi connectivity index (χ4n) is 2.55. The van der Waals surface area contributed by atoms with Crippen LogP contribution in [0.4, 0.5) is 0 Å². The van der Waals surface area contributed by atoms with Crippen LogP contribution in [-0.4, -0.2) is 0 Å². The molecule has 0 heterocycles. The van der Waals surface area contributed by atoms with Gasteiger partial charge in [0.05, 0.1) is 0 Å². The molecule has 0 nitrogen and oxygen atoms in total. The van der Waals surface area contributed by atoms with E-state index in [0.29, 0.717) is 0 Å². The normalized spacial score (nSPS) is 30.0. The highest BCUT2D eigenvalue weighted by atomic mass is 14.3. The van der Waals surface area contributed by atoms with Gasteiger partial charge in [-0.05, 0) is 57.1 Å². The summed E-state index contributed by atoms with van der Waals surface area (Å²) in [4.78, 5) is 0. The molecule has 0 aromatic carbocycles. The fraction of sp³-hybridized carbons (Fsp3) is 0.692. The molecule has 0 aliphatic heterocycles. The topological polar surface area (TPSA) is 0 Å². The molecule has 2 atom stereocenters. The van der Waals surface area contributed by atoms with Crippen LogP contribution in [0.2, 0.25) is 0 Å². The zero-order valence-corrected chi connectivity index (χ0v) is 9.86. The molecule has 1 aliphatic carbocycles. The van der Waals surface area contributed by atoms with Gasteiger partial charge in [0.25, 0.3) is 0 Å². The van der Waals surface area contributed by atoms with Gasteiger partial charge in [-0.1, -0.05) is 25.0 Å². The molecule has 0 saturated heterocycles. The Bertz CT molecular complexity index is 266. The van der Waals surface area contributed by atoms with Gasteiger partial charge in [0.15, 0.2) is 0 Å². The molecule has 0 bridgehead atoms. The van der Waals surface area contributed by atoms with Gasteiger partial charge in [-0.3, -0.25) is 0 Å². The Morgan fingerprint density at radius 1 is 0.923 bits per heavy atom. The third kappa shape index (κ3) is 1.59. The van der Waals surface area contributed by atoms with E-state index in [0.717, 1.165) is 11.8 Å². The number of rotatable bonds is 1. The van der Waals surface area contributed by atoms with Gasteiger partial charge in [0.1, 0.15) is 0 Å². The van der Waals surface area contributed by atoms with E-state index >= 15 is 0 Å². The first-order valence-electron chi connectivity index (χ1n) is 5.35.